The molecule has 4 aromatic rings. The standard InChI is InChI=1S/C23H17N3O6/c1-14(22(27)24-15-8-10-16(11-9-15)26(29)30)32-23(28)18-13-20(21-7-4-12-31-21)25-19-6-3-2-5-17(18)19/h2-14H,1H3,(H,24,27). The Hall–Kier alpha value is -4.53. The third kappa shape index (κ3) is 4.31. The first kappa shape index (κ1) is 20.7. The predicted molar refractivity (Wildman–Crippen MR) is 116 cm³/mol. The number of nitrogens with one attached hydrogen (secondary N) is 1. The van der Waals surface area contributed by atoms with Gasteiger partial charge >= 0.3 is 5.97 Å². The Morgan fingerprint density at radius 3 is 2.53 bits per heavy atom. The molecule has 2 heterocycles. The first-order valence-electron chi connectivity index (χ1n) is 9.62. The number of para-hydroxylation sites is 1. The molecular formula is C23H17N3O6. The summed E-state index contributed by atoms with van der Waals surface area (Å²) in [6.07, 6.45) is 0.395. The van der Waals surface area contributed by atoms with Crippen molar-refractivity contribution in [3.63, 3.8) is 0 Å². The van der Waals surface area contributed by atoms with Gasteiger partial charge in [0.05, 0.1) is 22.3 Å². The number of nitrogens with zero attached hydrogens (tertiary/aromatic N) is 2. The summed E-state index contributed by atoms with van der Waals surface area (Å²) in [5.41, 5.74) is 1.54. The van der Waals surface area contributed by atoms with E-state index in [1.165, 1.54) is 37.5 Å². The molecule has 0 saturated heterocycles. The molecular weight excluding hydrogens is 414 g/mol. The number of aromatic nitrogens is 1. The normalized spacial score (nSPS) is 11.7. The summed E-state index contributed by atoms with van der Waals surface area (Å²) in [6, 6.07) is 17.4. The van der Waals surface area contributed by atoms with E-state index in [0.29, 0.717) is 28.0 Å². The van der Waals surface area contributed by atoms with Crippen molar-refractivity contribution < 1.29 is 23.7 Å². The summed E-state index contributed by atoms with van der Waals surface area (Å²) in [7, 11) is 0. The van der Waals surface area contributed by atoms with Crippen molar-refractivity contribution in [3.05, 3.63) is 88.7 Å². The Morgan fingerprint density at radius 1 is 1.09 bits per heavy atom. The first-order chi connectivity index (χ1) is 15.4. The highest BCUT2D eigenvalue weighted by Gasteiger charge is 2.22. The van der Waals surface area contributed by atoms with E-state index in [2.05, 4.69) is 10.3 Å². The molecule has 0 fully saturated rings. The van der Waals surface area contributed by atoms with Crippen molar-refractivity contribution >= 4 is 34.2 Å². The Bertz CT molecular complexity index is 1300. The molecule has 1 N–H and O–H groups in total. The third-order valence-electron chi connectivity index (χ3n) is 4.71. The van der Waals surface area contributed by atoms with Crippen LogP contribution in [0.4, 0.5) is 11.4 Å². The van der Waals surface area contributed by atoms with Gasteiger partial charge in [-0.3, -0.25) is 14.9 Å². The van der Waals surface area contributed by atoms with Crippen LogP contribution in [-0.4, -0.2) is 27.9 Å². The van der Waals surface area contributed by atoms with Crippen LogP contribution in [0.2, 0.25) is 0 Å². The number of furan rings is 1. The van der Waals surface area contributed by atoms with Gasteiger partial charge < -0.3 is 14.5 Å². The van der Waals surface area contributed by atoms with Crippen molar-refractivity contribution in [2.45, 2.75) is 13.0 Å². The summed E-state index contributed by atoms with van der Waals surface area (Å²) in [5.74, 6) is -0.770. The number of carbonyl (C=O) groups excluding carboxylic acids is 2. The number of nitro benzene ring substituents is 1. The smallest absolute Gasteiger partial charge is 0.339 e. The Labute approximate surface area is 181 Å². The second kappa shape index (κ2) is 8.68. The van der Waals surface area contributed by atoms with E-state index < -0.39 is 22.9 Å². The fourth-order valence-corrected chi connectivity index (χ4v) is 3.08. The third-order valence-corrected chi connectivity index (χ3v) is 4.71. The number of amides is 1. The van der Waals surface area contributed by atoms with Crippen LogP contribution in [0.3, 0.4) is 0 Å². The first-order valence-corrected chi connectivity index (χ1v) is 9.62. The molecule has 9 heteroatoms. The van der Waals surface area contributed by atoms with Crippen LogP contribution in [0.25, 0.3) is 22.4 Å². The average Bonchev–Trinajstić information content (AvgIpc) is 3.33. The number of hydrogen-bond donors (Lipinski definition) is 1. The maximum absolute atomic E-state index is 12.9. The zero-order chi connectivity index (χ0) is 22.7. The van der Waals surface area contributed by atoms with E-state index in [0.717, 1.165) is 0 Å². The maximum atomic E-state index is 12.9. The fourth-order valence-electron chi connectivity index (χ4n) is 3.08. The lowest BCUT2D eigenvalue weighted by Gasteiger charge is -2.15. The highest BCUT2D eigenvalue weighted by Crippen LogP contribution is 2.26. The molecule has 0 aliphatic heterocycles. The Balaban J connectivity index is 1.54. The van der Waals surface area contributed by atoms with Crippen LogP contribution in [0.15, 0.2) is 77.4 Å². The van der Waals surface area contributed by atoms with Gasteiger partial charge in [0, 0.05) is 23.2 Å². The van der Waals surface area contributed by atoms with Crippen LogP contribution in [0.1, 0.15) is 17.3 Å². The minimum Gasteiger partial charge on any atom is -0.463 e. The maximum Gasteiger partial charge on any atom is 0.339 e. The quantitative estimate of drug-likeness (QED) is 0.269. The topological polar surface area (TPSA) is 125 Å². The molecule has 1 atom stereocenters. The molecule has 32 heavy (non-hydrogen) atoms. The van der Waals surface area contributed by atoms with Gasteiger partial charge in [-0.15, -0.1) is 0 Å². The van der Waals surface area contributed by atoms with Gasteiger partial charge in [0.15, 0.2) is 11.9 Å². The lowest BCUT2D eigenvalue weighted by Crippen LogP contribution is -2.30. The zero-order valence-electron chi connectivity index (χ0n) is 16.8. The van der Waals surface area contributed by atoms with E-state index in [4.69, 9.17) is 9.15 Å². The number of anilines is 1. The molecule has 9 nitrogen and oxygen atoms in total. The molecule has 0 aliphatic rings. The van der Waals surface area contributed by atoms with Crippen LogP contribution in [0.5, 0.6) is 0 Å². The van der Waals surface area contributed by atoms with Crippen LogP contribution in [0, 0.1) is 10.1 Å². The number of hydrogen-bond acceptors (Lipinski definition) is 7. The molecule has 0 spiro atoms. The summed E-state index contributed by atoms with van der Waals surface area (Å²) < 4.78 is 10.8. The monoisotopic (exact) mass is 431 g/mol. The molecule has 0 bridgehead atoms. The molecule has 4 rings (SSSR count). The highest BCUT2D eigenvalue weighted by atomic mass is 16.6. The molecule has 0 saturated carbocycles. The van der Waals surface area contributed by atoms with Crippen molar-refractivity contribution in [2.24, 2.45) is 0 Å². The van der Waals surface area contributed by atoms with E-state index in [1.807, 2.05) is 0 Å². The van der Waals surface area contributed by atoms with Gasteiger partial charge in [-0.25, -0.2) is 9.78 Å². The second-order valence-electron chi connectivity index (χ2n) is 6.89. The van der Waals surface area contributed by atoms with Gasteiger partial charge in [0.1, 0.15) is 5.69 Å². The summed E-state index contributed by atoms with van der Waals surface area (Å²) in [5, 5.41) is 13.9. The molecule has 1 unspecified atom stereocenters. The van der Waals surface area contributed by atoms with Gasteiger partial charge in [-0.05, 0) is 43.3 Å². The molecule has 2 aromatic carbocycles. The second-order valence-corrected chi connectivity index (χ2v) is 6.89. The Morgan fingerprint density at radius 2 is 1.84 bits per heavy atom. The average molecular weight is 431 g/mol. The number of pyridine rings is 1. The van der Waals surface area contributed by atoms with Crippen LogP contribution >= 0.6 is 0 Å². The SMILES string of the molecule is CC(OC(=O)c1cc(-c2ccco2)nc2ccccc12)C(=O)Nc1ccc([N+](=O)[O-])cc1. The number of fused-ring (bicyclic) bond motifs is 1. The number of ether oxygens (including phenoxy) is 1. The zero-order valence-corrected chi connectivity index (χ0v) is 16.8. The van der Waals surface area contributed by atoms with Crippen LogP contribution in [-0.2, 0) is 9.53 Å². The summed E-state index contributed by atoms with van der Waals surface area (Å²) in [6.45, 7) is 1.44. The van der Waals surface area contributed by atoms with Crippen LogP contribution < -0.4 is 5.32 Å². The minimum atomic E-state index is -1.11. The number of esters is 1. The van der Waals surface area contributed by atoms with Gasteiger partial charge in [0.25, 0.3) is 11.6 Å². The molecule has 0 radical (unpaired) electrons. The fraction of sp³-hybridized carbons (Fsp3) is 0.0870. The molecule has 160 valence electrons. The van der Waals surface area contributed by atoms with E-state index >= 15 is 0 Å². The van der Waals surface area contributed by atoms with Gasteiger partial charge in [0.2, 0.25) is 0 Å². The van der Waals surface area contributed by atoms with Crippen molar-refractivity contribution in [1.82, 2.24) is 4.98 Å². The van der Waals surface area contributed by atoms with Crippen molar-refractivity contribution in [3.8, 4) is 11.5 Å². The van der Waals surface area contributed by atoms with E-state index in [-0.39, 0.29) is 11.3 Å². The van der Waals surface area contributed by atoms with Gasteiger partial charge in [-0.2, -0.15) is 0 Å². The number of benzene rings is 2. The van der Waals surface area contributed by atoms with Crippen molar-refractivity contribution in [1.29, 1.82) is 0 Å². The van der Waals surface area contributed by atoms with E-state index in [1.54, 1.807) is 42.5 Å². The highest BCUT2D eigenvalue weighted by molar-refractivity contribution is 6.05. The number of non-ortho nitro benzene ring substituents is 1. The molecule has 1 amide bonds. The largest absolute Gasteiger partial charge is 0.463 e. The number of carbonyl (C=O) groups is 2. The minimum absolute atomic E-state index is 0.0978. The van der Waals surface area contributed by atoms with E-state index in [9.17, 15) is 19.7 Å². The predicted octanol–water partition coefficient (Wildman–Crippen LogP) is 4.59. The lowest BCUT2D eigenvalue weighted by molar-refractivity contribution is -0.384. The molecule has 2 aromatic heterocycles. The number of rotatable bonds is 6. The summed E-state index contributed by atoms with van der Waals surface area (Å²) >= 11 is 0. The Kier molecular flexibility index (Phi) is 5.63. The van der Waals surface area contributed by atoms with Gasteiger partial charge in [-0.1, -0.05) is 18.2 Å². The summed E-state index contributed by atoms with van der Waals surface area (Å²) in [4.78, 5) is 40.1. The number of nitro groups is 1. The lowest BCUT2D eigenvalue weighted by atomic mass is 10.1. The molecule has 0 aliphatic carbocycles. The van der Waals surface area contributed by atoms with Crippen molar-refractivity contribution in [2.75, 3.05) is 5.32 Å².